The van der Waals surface area contributed by atoms with E-state index in [-0.39, 0.29) is 18.0 Å². The highest BCUT2D eigenvalue weighted by Crippen LogP contribution is 2.35. The van der Waals surface area contributed by atoms with Gasteiger partial charge >= 0.3 is 5.97 Å². The summed E-state index contributed by atoms with van der Waals surface area (Å²) in [6, 6.07) is 9.09. The van der Waals surface area contributed by atoms with Crippen molar-refractivity contribution in [2.75, 3.05) is 19.8 Å². The number of hydrogen-bond acceptors (Lipinski definition) is 7. The third-order valence-corrected chi connectivity index (χ3v) is 5.79. The number of ether oxygens (including phenoxy) is 3. The van der Waals surface area contributed by atoms with Gasteiger partial charge in [0.05, 0.1) is 24.2 Å². The van der Waals surface area contributed by atoms with E-state index < -0.39 is 17.9 Å². The zero-order valence-electron chi connectivity index (χ0n) is 20.5. The van der Waals surface area contributed by atoms with Gasteiger partial charge in [-0.2, -0.15) is 0 Å². The third kappa shape index (κ3) is 5.62. The number of amides is 1. The molecule has 1 aliphatic heterocycles. The molecule has 1 unspecified atom stereocenters. The second-order valence-electron chi connectivity index (χ2n) is 9.11. The molecule has 1 aliphatic rings. The fourth-order valence-electron chi connectivity index (χ4n) is 4.11. The van der Waals surface area contributed by atoms with Gasteiger partial charge in [-0.05, 0) is 49.1 Å². The van der Waals surface area contributed by atoms with Crippen LogP contribution in [0.15, 0.2) is 45.6 Å². The Bertz CT molecular complexity index is 1340. The van der Waals surface area contributed by atoms with Crippen LogP contribution < -0.4 is 25.0 Å². The van der Waals surface area contributed by atoms with E-state index in [2.05, 4.69) is 5.32 Å². The van der Waals surface area contributed by atoms with E-state index in [1.54, 1.807) is 37.3 Å². The highest BCUT2D eigenvalue weighted by Gasteiger charge is 2.22. The minimum absolute atomic E-state index is 0.107. The second kappa shape index (κ2) is 10.7. The molecule has 2 heterocycles. The first kappa shape index (κ1) is 25.1. The molecule has 1 atom stereocenters. The Kier molecular flexibility index (Phi) is 7.47. The number of carbonyl (C=O) groups is 2. The van der Waals surface area contributed by atoms with Crippen molar-refractivity contribution in [3.8, 4) is 28.4 Å². The lowest BCUT2D eigenvalue weighted by Gasteiger charge is -2.16. The molecule has 9 heteroatoms. The Morgan fingerprint density at radius 1 is 1.08 bits per heavy atom. The van der Waals surface area contributed by atoms with Crippen molar-refractivity contribution < 1.29 is 33.3 Å². The number of carbonyl (C=O) groups excluding carboxylic acids is 1. The summed E-state index contributed by atoms with van der Waals surface area (Å²) in [5.74, 6) is 0.438. The lowest BCUT2D eigenvalue weighted by atomic mass is 10.0. The lowest BCUT2D eigenvalue weighted by Crippen LogP contribution is -2.43. The topological polar surface area (TPSA) is 124 Å². The Morgan fingerprint density at radius 3 is 2.56 bits per heavy atom. The summed E-state index contributed by atoms with van der Waals surface area (Å²) in [7, 11) is 0. The van der Waals surface area contributed by atoms with Crippen molar-refractivity contribution in [3.63, 3.8) is 0 Å². The summed E-state index contributed by atoms with van der Waals surface area (Å²) in [5.41, 5.74) is 1.21. The zero-order chi connectivity index (χ0) is 25.8. The average molecular weight is 496 g/mol. The molecule has 9 nitrogen and oxygen atoms in total. The molecule has 1 aromatic heterocycles. The fourth-order valence-corrected chi connectivity index (χ4v) is 4.11. The third-order valence-electron chi connectivity index (χ3n) is 5.79. The maximum absolute atomic E-state index is 13.3. The van der Waals surface area contributed by atoms with Gasteiger partial charge in [-0.1, -0.05) is 19.9 Å². The maximum Gasteiger partial charge on any atom is 0.326 e. The van der Waals surface area contributed by atoms with Gasteiger partial charge in [0.2, 0.25) is 5.43 Å². The number of carboxylic acid groups (broad SMARTS) is 1. The molecule has 0 spiro atoms. The number of aliphatic carboxylic acids is 1. The summed E-state index contributed by atoms with van der Waals surface area (Å²) >= 11 is 0. The van der Waals surface area contributed by atoms with Crippen molar-refractivity contribution in [2.24, 2.45) is 5.92 Å². The van der Waals surface area contributed by atoms with Crippen LogP contribution in [0, 0.1) is 12.8 Å². The summed E-state index contributed by atoms with van der Waals surface area (Å²) < 4.78 is 22.9. The van der Waals surface area contributed by atoms with Gasteiger partial charge in [-0.3, -0.25) is 9.59 Å². The molecule has 190 valence electrons. The Hall–Kier alpha value is -4.01. The number of nitrogens with one attached hydrogen (secondary N) is 1. The van der Waals surface area contributed by atoms with Gasteiger partial charge in [0.1, 0.15) is 23.1 Å². The van der Waals surface area contributed by atoms with Crippen LogP contribution in [-0.4, -0.2) is 42.8 Å². The molecule has 0 fully saturated rings. The van der Waals surface area contributed by atoms with E-state index in [0.717, 1.165) is 6.42 Å². The van der Waals surface area contributed by atoms with Crippen molar-refractivity contribution >= 4 is 22.8 Å². The first-order valence-electron chi connectivity index (χ1n) is 11.9. The molecule has 4 rings (SSSR count). The van der Waals surface area contributed by atoms with E-state index in [0.29, 0.717) is 64.7 Å². The zero-order valence-corrected chi connectivity index (χ0v) is 20.5. The van der Waals surface area contributed by atoms with Crippen molar-refractivity contribution in [3.05, 3.63) is 52.4 Å². The van der Waals surface area contributed by atoms with E-state index in [9.17, 15) is 19.5 Å². The smallest absolute Gasteiger partial charge is 0.326 e. The van der Waals surface area contributed by atoms with Crippen molar-refractivity contribution in [1.29, 1.82) is 0 Å². The number of fused-ring (bicyclic) bond motifs is 2. The van der Waals surface area contributed by atoms with Crippen molar-refractivity contribution in [2.45, 2.75) is 39.7 Å². The highest BCUT2D eigenvalue weighted by molar-refractivity contribution is 5.85. The first-order valence-corrected chi connectivity index (χ1v) is 11.9. The van der Waals surface area contributed by atoms with Crippen LogP contribution in [-0.2, 0) is 9.59 Å². The molecule has 3 aromatic rings. The van der Waals surface area contributed by atoms with Gasteiger partial charge in [0.25, 0.3) is 5.91 Å². The van der Waals surface area contributed by atoms with Crippen LogP contribution in [0.3, 0.4) is 0 Å². The van der Waals surface area contributed by atoms with Crippen LogP contribution in [0.4, 0.5) is 0 Å². The molecule has 0 saturated heterocycles. The molecular formula is C27H29NO8. The number of benzene rings is 2. The molecule has 2 aromatic carbocycles. The van der Waals surface area contributed by atoms with E-state index in [1.807, 2.05) is 13.8 Å². The van der Waals surface area contributed by atoms with E-state index in [1.165, 1.54) is 6.07 Å². The molecule has 1 amide bonds. The van der Waals surface area contributed by atoms with Crippen LogP contribution in [0.25, 0.3) is 22.1 Å². The van der Waals surface area contributed by atoms with Gasteiger partial charge in [0, 0.05) is 12.5 Å². The molecule has 2 N–H and O–H groups in total. The van der Waals surface area contributed by atoms with E-state index in [4.69, 9.17) is 18.6 Å². The standard InChI is InChI=1S/C27H29NO8/c1-15(2)11-20(27(31)32)28-24(29)14-35-18-6-7-19-22(13-18)36-16(3)25(26(19)30)17-5-8-21-23(12-17)34-10-4-9-33-21/h5-8,12-13,15,20H,4,9-11,14H2,1-3H3,(H,28,29)(H,31,32). The molecule has 0 bridgehead atoms. The first-order chi connectivity index (χ1) is 17.2. The van der Waals surface area contributed by atoms with Crippen LogP contribution in [0.1, 0.15) is 32.4 Å². The maximum atomic E-state index is 13.3. The van der Waals surface area contributed by atoms with Gasteiger partial charge < -0.3 is 29.1 Å². The van der Waals surface area contributed by atoms with Gasteiger partial charge in [-0.25, -0.2) is 4.79 Å². The number of rotatable bonds is 8. The SMILES string of the molecule is Cc1oc2cc(OCC(=O)NC(CC(C)C)C(=O)O)ccc2c(=O)c1-c1ccc2c(c1)OCCCO2. The number of aryl methyl sites for hydroxylation is 1. The minimum atomic E-state index is -1.09. The Labute approximate surface area is 208 Å². The molecule has 0 saturated carbocycles. The Balaban J connectivity index is 1.53. The number of hydrogen-bond donors (Lipinski definition) is 2. The molecule has 0 radical (unpaired) electrons. The quantitative estimate of drug-likeness (QED) is 0.482. The van der Waals surface area contributed by atoms with Gasteiger partial charge in [-0.15, -0.1) is 0 Å². The predicted molar refractivity (Wildman–Crippen MR) is 133 cm³/mol. The molecule has 0 aliphatic carbocycles. The summed E-state index contributed by atoms with van der Waals surface area (Å²) in [6.45, 7) is 6.21. The molecule has 36 heavy (non-hydrogen) atoms. The van der Waals surface area contributed by atoms with Crippen LogP contribution >= 0.6 is 0 Å². The molecular weight excluding hydrogens is 466 g/mol. The van der Waals surface area contributed by atoms with Crippen LogP contribution in [0.2, 0.25) is 0 Å². The largest absolute Gasteiger partial charge is 0.490 e. The average Bonchev–Trinajstić information content (AvgIpc) is 3.07. The lowest BCUT2D eigenvalue weighted by molar-refractivity contribution is -0.142. The normalized spacial score (nSPS) is 13.8. The van der Waals surface area contributed by atoms with Crippen molar-refractivity contribution in [1.82, 2.24) is 5.32 Å². The fraction of sp³-hybridized carbons (Fsp3) is 0.370. The second-order valence-corrected chi connectivity index (χ2v) is 9.11. The monoisotopic (exact) mass is 495 g/mol. The minimum Gasteiger partial charge on any atom is -0.490 e. The highest BCUT2D eigenvalue weighted by atomic mass is 16.5. The number of carboxylic acids is 1. The van der Waals surface area contributed by atoms with E-state index >= 15 is 0 Å². The Morgan fingerprint density at radius 2 is 1.83 bits per heavy atom. The summed E-state index contributed by atoms with van der Waals surface area (Å²) in [5, 5.41) is 12.1. The summed E-state index contributed by atoms with van der Waals surface area (Å²) in [4.78, 5) is 36.9. The van der Waals surface area contributed by atoms with Crippen LogP contribution in [0.5, 0.6) is 17.2 Å². The predicted octanol–water partition coefficient (Wildman–Crippen LogP) is 3.92. The summed E-state index contributed by atoms with van der Waals surface area (Å²) in [6.07, 6.45) is 1.10. The van der Waals surface area contributed by atoms with Gasteiger partial charge in [0.15, 0.2) is 18.1 Å².